The number of hydrogen-bond acceptors (Lipinski definition) is 5. The molecule has 3 heterocycles. The first kappa shape index (κ1) is 23.7. The second-order valence-electron chi connectivity index (χ2n) is 8.17. The van der Waals surface area contributed by atoms with E-state index in [-0.39, 0.29) is 42.5 Å². The third kappa shape index (κ3) is 5.05. The average molecular weight is 484 g/mol. The monoisotopic (exact) mass is 484 g/mol. The van der Waals surface area contributed by atoms with Gasteiger partial charge in [-0.15, -0.1) is 0 Å². The number of fused-ring (bicyclic) bond motifs is 1. The Hall–Kier alpha value is -3.44. The van der Waals surface area contributed by atoms with E-state index in [1.54, 1.807) is 17.4 Å². The number of ether oxygens (including phenoxy) is 2. The summed E-state index contributed by atoms with van der Waals surface area (Å²) in [5.41, 5.74) is 0.930. The lowest BCUT2D eigenvalue weighted by Gasteiger charge is -2.36. The fourth-order valence-electron chi connectivity index (χ4n) is 3.58. The molecule has 0 aliphatic heterocycles. The predicted molar refractivity (Wildman–Crippen MR) is 110 cm³/mol. The predicted octanol–water partition coefficient (Wildman–Crippen LogP) is 4.78. The fourth-order valence-corrected chi connectivity index (χ4v) is 3.58. The van der Waals surface area contributed by atoms with Gasteiger partial charge in [0, 0.05) is 12.1 Å². The first-order valence-corrected chi connectivity index (χ1v) is 10.5. The van der Waals surface area contributed by atoms with Gasteiger partial charge < -0.3 is 14.8 Å². The van der Waals surface area contributed by atoms with E-state index in [0.29, 0.717) is 11.3 Å². The number of imidazole rings is 1. The van der Waals surface area contributed by atoms with Crippen LogP contribution in [0.2, 0.25) is 0 Å². The Labute approximate surface area is 190 Å². The van der Waals surface area contributed by atoms with Crippen molar-refractivity contribution < 1.29 is 36.2 Å². The lowest BCUT2D eigenvalue weighted by molar-refractivity contribution is -0.198. The van der Waals surface area contributed by atoms with Crippen molar-refractivity contribution in [1.29, 1.82) is 0 Å². The van der Waals surface area contributed by atoms with E-state index in [9.17, 15) is 26.7 Å². The van der Waals surface area contributed by atoms with Crippen molar-refractivity contribution in [3.05, 3.63) is 47.8 Å². The molecule has 1 aliphatic carbocycles. The Morgan fingerprint density at radius 3 is 2.74 bits per heavy atom. The number of rotatable bonds is 7. The summed E-state index contributed by atoms with van der Waals surface area (Å²) in [7, 11) is 0. The van der Waals surface area contributed by atoms with Crippen molar-refractivity contribution in [2.24, 2.45) is 5.92 Å². The van der Waals surface area contributed by atoms with E-state index < -0.39 is 36.0 Å². The third-order valence-electron chi connectivity index (χ3n) is 5.45. The van der Waals surface area contributed by atoms with Gasteiger partial charge in [-0.3, -0.25) is 9.20 Å². The van der Waals surface area contributed by atoms with Crippen LogP contribution in [0.3, 0.4) is 0 Å². The highest BCUT2D eigenvalue weighted by Crippen LogP contribution is 2.41. The van der Waals surface area contributed by atoms with Crippen LogP contribution in [0.1, 0.15) is 35.9 Å². The molecule has 3 aromatic rings. The Morgan fingerprint density at radius 1 is 1.32 bits per heavy atom. The molecule has 1 amide bonds. The molecule has 7 nitrogen and oxygen atoms in total. The zero-order chi connectivity index (χ0) is 24.6. The molecule has 0 aromatic carbocycles. The Bertz CT molecular complexity index is 1210. The zero-order valence-corrected chi connectivity index (χ0v) is 18.2. The maximum atomic E-state index is 13.6. The van der Waals surface area contributed by atoms with Crippen LogP contribution in [0, 0.1) is 18.7 Å². The van der Waals surface area contributed by atoms with E-state index in [4.69, 9.17) is 9.47 Å². The summed E-state index contributed by atoms with van der Waals surface area (Å²) in [5, 5.41) is 2.59. The van der Waals surface area contributed by atoms with E-state index in [0.717, 1.165) is 12.3 Å². The molecule has 1 unspecified atom stereocenters. The molecule has 1 atom stereocenters. The molecule has 1 fully saturated rings. The number of amides is 1. The fraction of sp³-hybridized carbons (Fsp3) is 0.409. The van der Waals surface area contributed by atoms with Crippen LogP contribution in [0.25, 0.3) is 5.65 Å². The second kappa shape index (κ2) is 9.07. The van der Waals surface area contributed by atoms with Gasteiger partial charge in [0.15, 0.2) is 5.75 Å². The number of carbonyl (C=O) groups excluding carboxylic acids is 1. The molecular weight excluding hydrogens is 463 g/mol. The maximum Gasteiger partial charge on any atom is 0.391 e. The van der Waals surface area contributed by atoms with Crippen molar-refractivity contribution >= 4 is 11.6 Å². The Kier molecular flexibility index (Phi) is 6.32. The van der Waals surface area contributed by atoms with Crippen LogP contribution >= 0.6 is 0 Å². The van der Waals surface area contributed by atoms with Crippen molar-refractivity contribution in [1.82, 2.24) is 19.7 Å². The summed E-state index contributed by atoms with van der Waals surface area (Å²) < 4.78 is 77.2. The molecule has 3 aromatic heterocycles. The molecule has 4 rings (SSSR count). The van der Waals surface area contributed by atoms with Crippen molar-refractivity contribution in [2.75, 3.05) is 6.61 Å². The van der Waals surface area contributed by atoms with Gasteiger partial charge >= 0.3 is 6.18 Å². The minimum Gasteiger partial charge on any atom is -0.485 e. The average Bonchev–Trinajstić information content (AvgIpc) is 3.05. The van der Waals surface area contributed by atoms with E-state index in [1.807, 2.05) is 0 Å². The Balaban J connectivity index is 1.50. The van der Waals surface area contributed by atoms with Gasteiger partial charge in [-0.1, -0.05) is 0 Å². The number of halogens is 5. The molecule has 0 radical (unpaired) electrons. The quantitative estimate of drug-likeness (QED) is 0.489. The highest BCUT2D eigenvalue weighted by molar-refractivity contribution is 5.94. The van der Waals surface area contributed by atoms with Crippen molar-refractivity contribution in [2.45, 2.75) is 45.1 Å². The van der Waals surface area contributed by atoms with Crippen molar-refractivity contribution in [3.8, 4) is 17.4 Å². The molecule has 0 bridgehead atoms. The van der Waals surface area contributed by atoms with Crippen LogP contribution in [-0.2, 0) is 0 Å². The number of nitrogens with zero attached hydrogens (tertiary/aromatic N) is 3. The number of aromatic nitrogens is 3. The van der Waals surface area contributed by atoms with Gasteiger partial charge in [0.25, 0.3) is 11.8 Å². The normalized spacial score (nSPS) is 18.9. The number of alkyl halides is 4. The van der Waals surface area contributed by atoms with Gasteiger partial charge in [-0.25, -0.2) is 18.7 Å². The molecule has 0 spiro atoms. The molecule has 12 heteroatoms. The van der Waals surface area contributed by atoms with Crippen LogP contribution in [0.5, 0.6) is 17.4 Å². The van der Waals surface area contributed by atoms with Crippen LogP contribution < -0.4 is 14.8 Å². The minimum atomic E-state index is -4.26. The second-order valence-corrected chi connectivity index (χ2v) is 8.17. The standard InChI is InChI=1S/C22H21F5N4O3/c1-11(23)10-33-17-7-14(24)8-28-21(17)34-16-3-4-18-30-19(12(2)31(18)9-16)20(32)29-15-5-13(6-15)22(25,26)27/h3-4,7-9,11,13,15H,5-6,10H2,1-2H3,(H,29,32). The molecule has 34 heavy (non-hydrogen) atoms. The minimum absolute atomic E-state index is 0.0773. The summed E-state index contributed by atoms with van der Waals surface area (Å²) in [5.74, 6) is -2.55. The highest BCUT2D eigenvalue weighted by atomic mass is 19.4. The first-order valence-electron chi connectivity index (χ1n) is 10.5. The molecular formula is C22H21F5N4O3. The third-order valence-corrected chi connectivity index (χ3v) is 5.45. The largest absolute Gasteiger partial charge is 0.485 e. The Morgan fingerprint density at radius 2 is 2.06 bits per heavy atom. The maximum absolute atomic E-state index is 13.6. The molecule has 182 valence electrons. The first-order chi connectivity index (χ1) is 16.0. The SMILES string of the molecule is Cc1c(C(=O)NC2CC(C(F)(F)F)C2)nc2ccc(Oc3ncc(F)cc3OCC(C)F)cn12. The molecule has 1 aliphatic rings. The number of carbonyl (C=O) groups is 1. The summed E-state index contributed by atoms with van der Waals surface area (Å²) in [6.45, 7) is 2.60. The topological polar surface area (TPSA) is 77.8 Å². The molecule has 1 saturated carbocycles. The zero-order valence-electron chi connectivity index (χ0n) is 18.2. The van der Waals surface area contributed by atoms with Crippen LogP contribution in [0.15, 0.2) is 30.6 Å². The van der Waals surface area contributed by atoms with E-state index >= 15 is 0 Å². The summed E-state index contributed by atoms with van der Waals surface area (Å²) >= 11 is 0. The molecule has 1 N–H and O–H groups in total. The summed E-state index contributed by atoms with van der Waals surface area (Å²) in [6.07, 6.45) is -3.42. The molecule has 0 saturated heterocycles. The summed E-state index contributed by atoms with van der Waals surface area (Å²) in [4.78, 5) is 20.7. The number of pyridine rings is 2. The number of nitrogens with one attached hydrogen (secondary N) is 1. The number of hydrogen-bond donors (Lipinski definition) is 1. The lowest BCUT2D eigenvalue weighted by atomic mass is 9.79. The number of aryl methyl sites for hydroxylation is 1. The van der Waals surface area contributed by atoms with Crippen molar-refractivity contribution in [3.63, 3.8) is 0 Å². The van der Waals surface area contributed by atoms with Crippen LogP contribution in [0.4, 0.5) is 22.0 Å². The van der Waals surface area contributed by atoms with Gasteiger partial charge in [0.05, 0.1) is 24.0 Å². The van der Waals surface area contributed by atoms with E-state index in [1.165, 1.54) is 19.2 Å². The van der Waals surface area contributed by atoms with Gasteiger partial charge in [0.1, 0.15) is 35.7 Å². The smallest absolute Gasteiger partial charge is 0.391 e. The van der Waals surface area contributed by atoms with Crippen LogP contribution in [-0.4, -0.2) is 45.3 Å². The van der Waals surface area contributed by atoms with E-state index in [2.05, 4.69) is 15.3 Å². The summed E-state index contributed by atoms with van der Waals surface area (Å²) in [6, 6.07) is 3.57. The van der Waals surface area contributed by atoms with Gasteiger partial charge in [-0.2, -0.15) is 13.2 Å². The van der Waals surface area contributed by atoms with Gasteiger partial charge in [0.2, 0.25) is 0 Å². The lowest BCUT2D eigenvalue weighted by Crippen LogP contribution is -2.49. The van der Waals surface area contributed by atoms with Gasteiger partial charge in [-0.05, 0) is 38.8 Å². The highest BCUT2D eigenvalue weighted by Gasteiger charge is 2.48.